The lowest BCUT2D eigenvalue weighted by Crippen LogP contribution is -2.28. The zero-order valence-electron chi connectivity index (χ0n) is 8.05. The third kappa shape index (κ3) is 7.45. The van der Waals surface area contributed by atoms with E-state index in [1.165, 1.54) is 0 Å². The minimum atomic E-state index is -0.525. The Balaban J connectivity index is 3.76. The summed E-state index contributed by atoms with van der Waals surface area (Å²) in [7, 11) is 0. The normalized spacial score (nSPS) is 12.0. The largest absolute Gasteiger partial charge is 0.374 e. The van der Waals surface area contributed by atoms with Crippen molar-refractivity contribution in [2.75, 3.05) is 26.4 Å². The number of nitro groups is 1. The lowest BCUT2D eigenvalue weighted by atomic mass is 10.4. The second-order valence-corrected chi connectivity index (χ2v) is 2.59. The van der Waals surface area contributed by atoms with Gasteiger partial charge in [0.15, 0.2) is 0 Å². The lowest BCUT2D eigenvalue weighted by Gasteiger charge is -2.12. The molecule has 0 spiro atoms. The maximum absolute atomic E-state index is 10.2. The zero-order valence-corrected chi connectivity index (χ0v) is 8.05. The van der Waals surface area contributed by atoms with Crippen LogP contribution < -0.4 is 0 Å². The van der Waals surface area contributed by atoms with Crippen molar-refractivity contribution >= 4 is 0 Å². The molecule has 0 aliphatic heterocycles. The average molecular weight is 201 g/mol. The summed E-state index contributed by atoms with van der Waals surface area (Å²) in [6.07, 6.45) is 2.60. The summed E-state index contributed by atoms with van der Waals surface area (Å²) >= 11 is 0. The van der Waals surface area contributed by atoms with Gasteiger partial charge in [-0.2, -0.15) is 0 Å². The van der Waals surface area contributed by atoms with Gasteiger partial charge in [-0.15, -0.1) is 13.2 Å². The third-order valence-corrected chi connectivity index (χ3v) is 1.34. The summed E-state index contributed by atoms with van der Waals surface area (Å²) in [4.78, 5) is 9.80. The third-order valence-electron chi connectivity index (χ3n) is 1.34. The molecule has 0 saturated heterocycles. The molecular formula is C9H15NO4. The molecule has 0 aromatic carbocycles. The van der Waals surface area contributed by atoms with Crippen LogP contribution in [0.4, 0.5) is 0 Å². The van der Waals surface area contributed by atoms with Gasteiger partial charge in [0.1, 0.15) is 6.10 Å². The fourth-order valence-corrected chi connectivity index (χ4v) is 0.807. The summed E-state index contributed by atoms with van der Waals surface area (Å²) in [5.41, 5.74) is 0. The fraction of sp³-hybridized carbons (Fsp3) is 0.556. The summed E-state index contributed by atoms with van der Waals surface area (Å²) in [6.45, 7) is 7.51. The van der Waals surface area contributed by atoms with Crippen LogP contribution in [-0.2, 0) is 9.47 Å². The van der Waals surface area contributed by atoms with Crippen LogP contribution in [0.25, 0.3) is 0 Å². The second kappa shape index (κ2) is 8.40. The quantitative estimate of drug-likeness (QED) is 0.242. The Labute approximate surface area is 83.2 Å². The number of rotatable bonds is 9. The predicted octanol–water partition coefficient (Wildman–Crippen LogP) is 1.04. The Hall–Kier alpha value is -1.20. The molecule has 0 radical (unpaired) electrons. The fourth-order valence-electron chi connectivity index (χ4n) is 0.807. The minimum Gasteiger partial charge on any atom is -0.374 e. The molecule has 0 aromatic heterocycles. The molecule has 0 bridgehead atoms. The molecule has 0 heterocycles. The van der Waals surface area contributed by atoms with E-state index in [1.807, 2.05) is 0 Å². The molecule has 0 saturated carbocycles. The molecule has 0 aromatic rings. The van der Waals surface area contributed by atoms with E-state index < -0.39 is 11.0 Å². The van der Waals surface area contributed by atoms with E-state index in [9.17, 15) is 10.1 Å². The van der Waals surface area contributed by atoms with E-state index in [2.05, 4.69) is 13.2 Å². The zero-order chi connectivity index (χ0) is 10.8. The van der Waals surface area contributed by atoms with Crippen LogP contribution in [0.5, 0.6) is 0 Å². The van der Waals surface area contributed by atoms with Crippen molar-refractivity contribution in [3.05, 3.63) is 35.4 Å². The molecule has 0 aliphatic carbocycles. The van der Waals surface area contributed by atoms with Crippen LogP contribution in [0, 0.1) is 10.1 Å². The molecule has 0 amide bonds. The molecule has 0 rings (SSSR count). The van der Waals surface area contributed by atoms with E-state index in [0.717, 1.165) is 0 Å². The molecule has 5 nitrogen and oxygen atoms in total. The smallest absolute Gasteiger partial charge is 0.231 e. The van der Waals surface area contributed by atoms with Crippen molar-refractivity contribution in [2.24, 2.45) is 0 Å². The highest BCUT2D eigenvalue weighted by Gasteiger charge is 2.15. The Morgan fingerprint density at radius 3 is 2.50 bits per heavy atom. The van der Waals surface area contributed by atoms with Crippen molar-refractivity contribution in [3.8, 4) is 0 Å². The monoisotopic (exact) mass is 201 g/mol. The van der Waals surface area contributed by atoms with Gasteiger partial charge < -0.3 is 9.47 Å². The maximum Gasteiger partial charge on any atom is 0.231 e. The molecule has 0 aliphatic rings. The lowest BCUT2D eigenvalue weighted by molar-refractivity contribution is -0.492. The van der Waals surface area contributed by atoms with Crippen LogP contribution in [0.3, 0.4) is 0 Å². The Bertz CT molecular complexity index is 193. The minimum absolute atomic E-state index is 0.195. The average Bonchev–Trinajstić information content (AvgIpc) is 2.13. The van der Waals surface area contributed by atoms with Crippen molar-refractivity contribution < 1.29 is 14.4 Å². The highest BCUT2D eigenvalue weighted by molar-refractivity contribution is 4.68. The van der Waals surface area contributed by atoms with E-state index >= 15 is 0 Å². The molecule has 0 N–H and O–H groups in total. The van der Waals surface area contributed by atoms with E-state index in [0.29, 0.717) is 6.61 Å². The van der Waals surface area contributed by atoms with Gasteiger partial charge in [-0.3, -0.25) is 10.1 Å². The molecular weight excluding hydrogens is 186 g/mol. The number of hydrogen-bond donors (Lipinski definition) is 0. The van der Waals surface area contributed by atoms with Gasteiger partial charge in [0.05, 0.1) is 19.8 Å². The van der Waals surface area contributed by atoms with Gasteiger partial charge in [0.25, 0.3) is 0 Å². The van der Waals surface area contributed by atoms with Gasteiger partial charge in [-0.05, 0) is 0 Å². The SMILES string of the molecule is C=CCOCC(C[N+](=O)[O-])OCC=C. The van der Waals surface area contributed by atoms with Crippen LogP contribution in [0.2, 0.25) is 0 Å². The predicted molar refractivity (Wildman–Crippen MR) is 52.8 cm³/mol. The Kier molecular flexibility index (Phi) is 7.68. The first kappa shape index (κ1) is 12.8. The van der Waals surface area contributed by atoms with Crippen LogP contribution in [-0.4, -0.2) is 37.4 Å². The maximum atomic E-state index is 10.2. The molecule has 5 heteroatoms. The number of ether oxygens (including phenoxy) is 2. The van der Waals surface area contributed by atoms with Crippen LogP contribution in [0.1, 0.15) is 0 Å². The molecule has 80 valence electrons. The van der Waals surface area contributed by atoms with Crippen LogP contribution >= 0.6 is 0 Å². The van der Waals surface area contributed by atoms with E-state index in [4.69, 9.17) is 9.47 Å². The van der Waals surface area contributed by atoms with Crippen molar-refractivity contribution in [1.29, 1.82) is 0 Å². The summed E-state index contributed by atoms with van der Waals surface area (Å²) in [5, 5.41) is 10.2. The Morgan fingerprint density at radius 2 is 2.00 bits per heavy atom. The van der Waals surface area contributed by atoms with Crippen molar-refractivity contribution in [3.63, 3.8) is 0 Å². The summed E-state index contributed by atoms with van der Waals surface area (Å²) in [5.74, 6) is 0. The van der Waals surface area contributed by atoms with Gasteiger partial charge in [0, 0.05) is 4.92 Å². The molecule has 1 atom stereocenters. The first-order valence-electron chi connectivity index (χ1n) is 4.23. The first-order valence-corrected chi connectivity index (χ1v) is 4.23. The molecule has 0 fully saturated rings. The van der Waals surface area contributed by atoms with Gasteiger partial charge in [0.2, 0.25) is 6.54 Å². The Morgan fingerprint density at radius 1 is 1.36 bits per heavy atom. The number of hydrogen-bond acceptors (Lipinski definition) is 4. The van der Waals surface area contributed by atoms with E-state index in [-0.39, 0.29) is 19.8 Å². The standard InChI is InChI=1S/C9H15NO4/c1-3-5-13-8-9(7-10(11)12)14-6-4-2/h3-4,9H,1-2,5-8H2. The van der Waals surface area contributed by atoms with Crippen molar-refractivity contribution in [1.82, 2.24) is 0 Å². The highest BCUT2D eigenvalue weighted by atomic mass is 16.6. The molecule has 14 heavy (non-hydrogen) atoms. The first-order chi connectivity index (χ1) is 6.70. The summed E-state index contributed by atoms with van der Waals surface area (Å²) < 4.78 is 10.2. The second-order valence-electron chi connectivity index (χ2n) is 2.59. The topological polar surface area (TPSA) is 61.6 Å². The van der Waals surface area contributed by atoms with Gasteiger partial charge >= 0.3 is 0 Å². The van der Waals surface area contributed by atoms with Crippen molar-refractivity contribution in [2.45, 2.75) is 6.10 Å². The van der Waals surface area contributed by atoms with Crippen LogP contribution in [0.15, 0.2) is 25.3 Å². The summed E-state index contributed by atoms with van der Waals surface area (Å²) in [6, 6.07) is 0. The van der Waals surface area contributed by atoms with Gasteiger partial charge in [-0.1, -0.05) is 12.2 Å². The molecule has 1 unspecified atom stereocenters. The highest BCUT2D eigenvalue weighted by Crippen LogP contribution is 1.95. The van der Waals surface area contributed by atoms with E-state index in [1.54, 1.807) is 12.2 Å². The van der Waals surface area contributed by atoms with Gasteiger partial charge in [-0.25, -0.2) is 0 Å². The number of nitrogens with zero attached hydrogens (tertiary/aromatic N) is 1.